The average Bonchev–Trinajstić information content (AvgIpc) is 3.49. The van der Waals surface area contributed by atoms with Gasteiger partial charge in [-0.1, -0.05) is 19.9 Å². The van der Waals surface area contributed by atoms with Crippen molar-refractivity contribution in [1.29, 1.82) is 0 Å². The van der Waals surface area contributed by atoms with Crippen LogP contribution in [-0.2, 0) is 11.2 Å². The van der Waals surface area contributed by atoms with Gasteiger partial charge in [-0.15, -0.1) is 0 Å². The summed E-state index contributed by atoms with van der Waals surface area (Å²) in [5.41, 5.74) is 13.7. The van der Waals surface area contributed by atoms with Gasteiger partial charge in [0, 0.05) is 37.5 Å². The van der Waals surface area contributed by atoms with E-state index < -0.39 is 17.2 Å². The summed E-state index contributed by atoms with van der Waals surface area (Å²) in [5.74, 6) is 0.0219. The molecule has 0 radical (unpaired) electrons. The first kappa shape index (κ1) is 26.2. The molecule has 0 bridgehead atoms. The van der Waals surface area contributed by atoms with E-state index in [0.717, 1.165) is 29.7 Å². The third kappa shape index (κ3) is 5.00. The number of likely N-dealkylation sites (N-methyl/N-ethyl adjacent to an activating group) is 1. The van der Waals surface area contributed by atoms with Crippen LogP contribution < -0.4 is 22.1 Å². The van der Waals surface area contributed by atoms with E-state index in [1.165, 1.54) is 0 Å². The zero-order valence-electron chi connectivity index (χ0n) is 22.0. The Morgan fingerprint density at radius 2 is 2.00 bits per heavy atom. The first-order valence-electron chi connectivity index (χ1n) is 12.7. The third-order valence-electron chi connectivity index (χ3n) is 7.94. The monoisotopic (exact) mass is 493 g/mol. The molecule has 0 aromatic carbocycles. The number of pyridine rings is 2. The lowest BCUT2D eigenvalue weighted by atomic mass is 9.93. The van der Waals surface area contributed by atoms with E-state index in [2.05, 4.69) is 47.4 Å². The zero-order chi connectivity index (χ0) is 26.3. The fourth-order valence-corrected chi connectivity index (χ4v) is 5.74. The number of amides is 2. The highest BCUT2D eigenvalue weighted by Crippen LogP contribution is 2.65. The molecule has 3 heterocycles. The Hall–Kier alpha value is -2.88. The lowest BCUT2D eigenvalue weighted by Crippen LogP contribution is -2.58. The highest BCUT2D eigenvalue weighted by atomic mass is 16.2. The molecule has 1 aliphatic heterocycles. The fourth-order valence-electron chi connectivity index (χ4n) is 5.74. The number of piperidine rings is 1. The Morgan fingerprint density at radius 1 is 1.25 bits per heavy atom. The lowest BCUT2D eigenvalue weighted by molar-refractivity contribution is -0.124. The molecule has 9 heteroatoms. The number of nitrogens with zero attached hydrogens (tertiary/aromatic N) is 3. The van der Waals surface area contributed by atoms with Crippen LogP contribution in [0.25, 0.3) is 11.3 Å². The van der Waals surface area contributed by atoms with Crippen molar-refractivity contribution in [3.8, 4) is 11.3 Å². The second-order valence-corrected chi connectivity index (χ2v) is 11.2. The van der Waals surface area contributed by atoms with Gasteiger partial charge < -0.3 is 27.0 Å². The molecule has 2 aliphatic rings. The Morgan fingerprint density at radius 3 is 2.61 bits per heavy atom. The topological polar surface area (TPSA) is 139 Å². The van der Waals surface area contributed by atoms with E-state index in [0.29, 0.717) is 31.1 Å². The standard InChI is InChI=1S/C27H39N7O2/c1-6-17-8-7-11-31-22(17)18-9-10-19(32-14-18)24(36)34-16-25(2)13-21(25)26(34,3)15-33-23(35)20(30-5)12-27(4,28)29/h7-11,14,20-21,30H,6,12-13,15-16,28-29H2,1-5H3,(H,33,35). The Balaban J connectivity index is 1.51. The Labute approximate surface area is 213 Å². The van der Waals surface area contributed by atoms with Crippen LogP contribution in [0.3, 0.4) is 0 Å². The SMILES string of the molecule is CCc1cccnc1-c1ccc(C(=O)N2CC3(C)CC3C2(C)CNC(=O)C(CC(C)(N)N)NC)nc1. The number of likely N-dealkylation sites (tertiary alicyclic amines) is 1. The summed E-state index contributed by atoms with van der Waals surface area (Å²) in [7, 11) is 1.71. The first-order chi connectivity index (χ1) is 16.9. The van der Waals surface area contributed by atoms with Gasteiger partial charge in [0.2, 0.25) is 5.91 Å². The minimum atomic E-state index is -0.968. The number of hydrogen-bond donors (Lipinski definition) is 4. The van der Waals surface area contributed by atoms with Gasteiger partial charge in [0.25, 0.3) is 5.91 Å². The van der Waals surface area contributed by atoms with Gasteiger partial charge >= 0.3 is 0 Å². The summed E-state index contributed by atoms with van der Waals surface area (Å²) in [4.78, 5) is 37.5. The largest absolute Gasteiger partial charge is 0.352 e. The van der Waals surface area contributed by atoms with Crippen LogP contribution in [0.2, 0.25) is 0 Å². The van der Waals surface area contributed by atoms with Crippen molar-refractivity contribution in [3.05, 3.63) is 47.9 Å². The van der Waals surface area contributed by atoms with Crippen LogP contribution in [0.1, 0.15) is 56.6 Å². The third-order valence-corrected chi connectivity index (χ3v) is 7.94. The first-order valence-corrected chi connectivity index (χ1v) is 12.7. The molecule has 6 N–H and O–H groups in total. The number of fused-ring (bicyclic) bond motifs is 1. The summed E-state index contributed by atoms with van der Waals surface area (Å²) in [5, 5.41) is 6.05. The zero-order valence-corrected chi connectivity index (χ0v) is 22.0. The molecule has 1 aliphatic carbocycles. The molecule has 4 atom stereocenters. The average molecular weight is 494 g/mol. The van der Waals surface area contributed by atoms with Crippen LogP contribution in [0.4, 0.5) is 0 Å². The highest BCUT2D eigenvalue weighted by molar-refractivity contribution is 5.94. The molecule has 2 aromatic rings. The summed E-state index contributed by atoms with van der Waals surface area (Å²) in [6, 6.07) is 7.15. The summed E-state index contributed by atoms with van der Waals surface area (Å²) < 4.78 is 0. The van der Waals surface area contributed by atoms with E-state index in [4.69, 9.17) is 11.5 Å². The fraction of sp³-hybridized carbons (Fsp3) is 0.556. The van der Waals surface area contributed by atoms with Crippen molar-refractivity contribution >= 4 is 11.8 Å². The molecular weight excluding hydrogens is 454 g/mol. The smallest absolute Gasteiger partial charge is 0.272 e. The second kappa shape index (κ2) is 9.53. The van der Waals surface area contributed by atoms with Crippen molar-refractivity contribution in [2.75, 3.05) is 20.1 Å². The predicted octanol–water partition coefficient (Wildman–Crippen LogP) is 1.67. The molecule has 194 valence electrons. The van der Waals surface area contributed by atoms with E-state index in [9.17, 15) is 9.59 Å². The summed E-state index contributed by atoms with van der Waals surface area (Å²) in [6.07, 6.45) is 5.69. The number of hydrogen-bond acceptors (Lipinski definition) is 7. The van der Waals surface area contributed by atoms with E-state index in [1.807, 2.05) is 17.0 Å². The van der Waals surface area contributed by atoms with Crippen molar-refractivity contribution in [2.24, 2.45) is 22.8 Å². The number of carbonyl (C=O) groups excluding carboxylic acids is 2. The minimum absolute atomic E-state index is 0.0640. The number of aromatic nitrogens is 2. The summed E-state index contributed by atoms with van der Waals surface area (Å²) in [6.45, 7) is 9.05. The molecule has 2 aromatic heterocycles. The van der Waals surface area contributed by atoms with Gasteiger partial charge in [-0.05, 0) is 68.8 Å². The quantitative estimate of drug-likeness (QED) is 0.390. The second-order valence-electron chi connectivity index (χ2n) is 11.2. The normalized spacial score (nSPS) is 25.9. The molecular formula is C27H39N7O2. The lowest BCUT2D eigenvalue weighted by Gasteiger charge is -2.38. The number of carbonyl (C=O) groups is 2. The Kier molecular flexibility index (Phi) is 6.94. The number of nitrogens with two attached hydrogens (primary N) is 2. The maximum atomic E-state index is 13.7. The van der Waals surface area contributed by atoms with E-state index >= 15 is 0 Å². The molecule has 4 rings (SSSR count). The van der Waals surface area contributed by atoms with Gasteiger partial charge in [0.1, 0.15) is 5.69 Å². The molecule has 36 heavy (non-hydrogen) atoms. The number of nitrogens with one attached hydrogen (secondary N) is 2. The number of aryl methyl sites for hydroxylation is 1. The van der Waals surface area contributed by atoms with Crippen LogP contribution in [-0.4, -0.2) is 64.1 Å². The highest BCUT2D eigenvalue weighted by Gasteiger charge is 2.68. The van der Waals surface area contributed by atoms with Crippen LogP contribution in [0.15, 0.2) is 36.7 Å². The molecule has 4 unspecified atom stereocenters. The minimum Gasteiger partial charge on any atom is -0.352 e. The summed E-state index contributed by atoms with van der Waals surface area (Å²) >= 11 is 0. The Bertz CT molecular complexity index is 1130. The predicted molar refractivity (Wildman–Crippen MR) is 140 cm³/mol. The van der Waals surface area contributed by atoms with E-state index in [1.54, 1.807) is 32.4 Å². The molecule has 2 amide bonds. The van der Waals surface area contributed by atoms with Crippen molar-refractivity contribution in [1.82, 2.24) is 25.5 Å². The van der Waals surface area contributed by atoms with Crippen LogP contribution in [0, 0.1) is 11.3 Å². The van der Waals surface area contributed by atoms with Gasteiger partial charge in [-0.25, -0.2) is 0 Å². The van der Waals surface area contributed by atoms with E-state index in [-0.39, 0.29) is 17.2 Å². The molecule has 1 saturated carbocycles. The maximum absolute atomic E-state index is 13.7. The van der Waals surface area contributed by atoms with Gasteiger partial charge in [0.15, 0.2) is 0 Å². The molecule has 1 saturated heterocycles. The molecule has 0 spiro atoms. The maximum Gasteiger partial charge on any atom is 0.272 e. The van der Waals surface area contributed by atoms with Crippen LogP contribution >= 0.6 is 0 Å². The van der Waals surface area contributed by atoms with Gasteiger partial charge in [-0.2, -0.15) is 0 Å². The van der Waals surface area contributed by atoms with Crippen molar-refractivity contribution in [3.63, 3.8) is 0 Å². The van der Waals surface area contributed by atoms with Gasteiger partial charge in [0.05, 0.1) is 22.9 Å². The number of rotatable bonds is 9. The van der Waals surface area contributed by atoms with Crippen molar-refractivity contribution < 1.29 is 9.59 Å². The van der Waals surface area contributed by atoms with Gasteiger partial charge in [-0.3, -0.25) is 19.6 Å². The van der Waals surface area contributed by atoms with Crippen LogP contribution in [0.5, 0.6) is 0 Å². The molecule has 9 nitrogen and oxygen atoms in total. The van der Waals surface area contributed by atoms with Crippen molar-refractivity contribution in [2.45, 2.75) is 64.2 Å². The molecule has 2 fully saturated rings.